The summed E-state index contributed by atoms with van der Waals surface area (Å²) in [5.41, 5.74) is 6.06. The number of hydrogen-bond acceptors (Lipinski definition) is 2. The summed E-state index contributed by atoms with van der Waals surface area (Å²) in [6, 6.07) is 7.84. The smallest absolute Gasteiger partial charge is 0.0380 e. The van der Waals surface area contributed by atoms with Gasteiger partial charge in [-0.2, -0.15) is 0 Å². The minimum atomic E-state index is 0.612. The van der Waals surface area contributed by atoms with Crippen LogP contribution in [0.4, 0.5) is 5.69 Å². The molecule has 3 aliphatic rings. The summed E-state index contributed by atoms with van der Waals surface area (Å²) in [5, 5.41) is 3.62. The molecule has 2 atom stereocenters. The number of benzene rings is 1. The van der Waals surface area contributed by atoms with Gasteiger partial charge in [0.15, 0.2) is 0 Å². The van der Waals surface area contributed by atoms with E-state index < -0.39 is 0 Å². The number of hydrogen-bond donors (Lipinski definition) is 1. The van der Waals surface area contributed by atoms with E-state index in [9.17, 15) is 0 Å². The lowest BCUT2D eigenvalue weighted by atomic mass is 9.85. The van der Waals surface area contributed by atoms with E-state index in [1.54, 1.807) is 11.1 Å². The Hall–Kier alpha value is -1.28. The first-order chi connectivity index (χ1) is 10.2. The minimum Gasteiger partial charge on any atom is -0.384 e. The Bertz CT molecular complexity index is 573. The van der Waals surface area contributed by atoms with E-state index >= 15 is 0 Å². The third-order valence-electron chi connectivity index (χ3n) is 5.62. The van der Waals surface area contributed by atoms with Gasteiger partial charge in [-0.25, -0.2) is 0 Å². The second-order valence-electron chi connectivity index (χ2n) is 7.21. The molecule has 0 radical (unpaired) electrons. The van der Waals surface area contributed by atoms with E-state index in [2.05, 4.69) is 48.3 Å². The van der Waals surface area contributed by atoms with Crippen molar-refractivity contribution in [3.63, 3.8) is 0 Å². The Labute approximate surface area is 128 Å². The average molecular weight is 282 g/mol. The molecule has 0 saturated carbocycles. The van der Waals surface area contributed by atoms with Crippen molar-refractivity contribution in [3.8, 4) is 0 Å². The van der Waals surface area contributed by atoms with E-state index in [1.807, 2.05) is 0 Å². The Morgan fingerprint density at radius 2 is 2.19 bits per heavy atom. The standard InChI is InChI=1S/C19H26N2/c1-13(2)14-5-6-19-17(11-14)18(12-20-19)15-7-9-21-8-3-4-16(21)10-15/h5-7,11,13,16,18,20H,3-4,8-10,12H2,1-2H3/t16-,18+/m1/s1. The van der Waals surface area contributed by atoms with Crippen LogP contribution >= 0.6 is 0 Å². The maximum Gasteiger partial charge on any atom is 0.0380 e. The molecule has 0 bridgehead atoms. The maximum atomic E-state index is 3.62. The molecular formula is C19H26N2. The molecule has 0 amide bonds. The maximum absolute atomic E-state index is 3.62. The van der Waals surface area contributed by atoms with Gasteiger partial charge in [0.25, 0.3) is 0 Å². The molecule has 0 aromatic heterocycles. The van der Waals surface area contributed by atoms with Crippen molar-refractivity contribution in [2.75, 3.05) is 25.0 Å². The highest BCUT2D eigenvalue weighted by atomic mass is 15.2. The molecule has 4 rings (SSSR count). The lowest BCUT2D eigenvalue weighted by Gasteiger charge is -2.31. The Morgan fingerprint density at radius 1 is 1.29 bits per heavy atom. The molecule has 112 valence electrons. The van der Waals surface area contributed by atoms with Gasteiger partial charge < -0.3 is 5.32 Å². The van der Waals surface area contributed by atoms with Crippen LogP contribution in [0.1, 0.15) is 56.1 Å². The van der Waals surface area contributed by atoms with Gasteiger partial charge in [0.1, 0.15) is 0 Å². The molecular weight excluding hydrogens is 256 g/mol. The van der Waals surface area contributed by atoms with E-state index in [-0.39, 0.29) is 0 Å². The molecule has 3 aliphatic heterocycles. The SMILES string of the molecule is CC(C)c1ccc2c(c1)[C@H](C1=CCN3CCC[C@@H]3C1)CN2. The van der Waals surface area contributed by atoms with Crippen molar-refractivity contribution in [3.05, 3.63) is 41.0 Å². The van der Waals surface area contributed by atoms with Gasteiger partial charge in [-0.05, 0) is 48.9 Å². The van der Waals surface area contributed by atoms with Crippen LogP contribution in [0, 0.1) is 0 Å². The number of anilines is 1. The number of fused-ring (bicyclic) bond motifs is 2. The van der Waals surface area contributed by atoms with Crippen molar-refractivity contribution in [1.29, 1.82) is 0 Å². The molecule has 21 heavy (non-hydrogen) atoms. The fourth-order valence-electron chi connectivity index (χ4n) is 4.28. The molecule has 1 saturated heterocycles. The van der Waals surface area contributed by atoms with Crippen molar-refractivity contribution < 1.29 is 0 Å². The first kappa shape index (κ1) is 13.4. The second kappa shape index (κ2) is 5.17. The molecule has 0 aliphatic carbocycles. The van der Waals surface area contributed by atoms with Gasteiger partial charge in [-0.3, -0.25) is 4.90 Å². The van der Waals surface area contributed by atoms with Crippen LogP contribution in [0.25, 0.3) is 0 Å². The molecule has 2 heteroatoms. The van der Waals surface area contributed by atoms with E-state index in [4.69, 9.17) is 0 Å². The quantitative estimate of drug-likeness (QED) is 0.821. The van der Waals surface area contributed by atoms with Crippen LogP contribution in [-0.2, 0) is 0 Å². The molecule has 1 N–H and O–H groups in total. The summed E-state index contributed by atoms with van der Waals surface area (Å²) in [5.74, 6) is 1.23. The highest BCUT2D eigenvalue weighted by Gasteiger charge is 2.33. The Balaban J connectivity index is 1.62. The second-order valence-corrected chi connectivity index (χ2v) is 7.21. The highest BCUT2D eigenvalue weighted by Crippen LogP contribution is 2.41. The predicted octanol–water partition coefficient (Wildman–Crippen LogP) is 4.11. The monoisotopic (exact) mass is 282 g/mol. The zero-order valence-corrected chi connectivity index (χ0v) is 13.2. The highest BCUT2D eigenvalue weighted by molar-refractivity contribution is 5.61. The minimum absolute atomic E-state index is 0.612. The van der Waals surface area contributed by atoms with Gasteiger partial charge in [0, 0.05) is 30.7 Å². The lowest BCUT2D eigenvalue weighted by Crippen LogP contribution is -2.34. The van der Waals surface area contributed by atoms with Crippen LogP contribution in [0.3, 0.4) is 0 Å². The molecule has 0 unspecified atom stereocenters. The summed E-state index contributed by atoms with van der Waals surface area (Å²) in [6.07, 6.45) is 6.60. The Kier molecular flexibility index (Phi) is 3.30. The van der Waals surface area contributed by atoms with Gasteiger partial charge in [-0.1, -0.05) is 37.6 Å². The van der Waals surface area contributed by atoms with Crippen molar-refractivity contribution in [2.45, 2.75) is 51.0 Å². The molecule has 2 nitrogen and oxygen atoms in total. The predicted molar refractivity (Wildman–Crippen MR) is 89.1 cm³/mol. The first-order valence-corrected chi connectivity index (χ1v) is 8.53. The third kappa shape index (κ3) is 2.30. The Morgan fingerprint density at radius 3 is 3.05 bits per heavy atom. The molecule has 1 aromatic carbocycles. The van der Waals surface area contributed by atoms with Crippen molar-refractivity contribution in [2.24, 2.45) is 0 Å². The van der Waals surface area contributed by atoms with E-state index in [0.717, 1.165) is 12.6 Å². The summed E-state index contributed by atoms with van der Waals surface area (Å²) < 4.78 is 0. The third-order valence-corrected chi connectivity index (χ3v) is 5.62. The van der Waals surface area contributed by atoms with Gasteiger partial charge in [-0.15, -0.1) is 0 Å². The van der Waals surface area contributed by atoms with Crippen LogP contribution in [-0.4, -0.2) is 30.6 Å². The first-order valence-electron chi connectivity index (χ1n) is 8.53. The summed E-state index contributed by atoms with van der Waals surface area (Å²) in [6.45, 7) is 8.15. The van der Waals surface area contributed by atoms with Crippen LogP contribution < -0.4 is 5.32 Å². The van der Waals surface area contributed by atoms with Gasteiger partial charge >= 0.3 is 0 Å². The van der Waals surface area contributed by atoms with Crippen LogP contribution in [0.5, 0.6) is 0 Å². The summed E-state index contributed by atoms with van der Waals surface area (Å²) >= 11 is 0. The zero-order chi connectivity index (χ0) is 14.4. The van der Waals surface area contributed by atoms with E-state index in [1.165, 1.54) is 43.6 Å². The molecule has 1 aromatic rings. The normalized spacial score (nSPS) is 28.2. The van der Waals surface area contributed by atoms with Crippen molar-refractivity contribution >= 4 is 5.69 Å². The largest absolute Gasteiger partial charge is 0.384 e. The van der Waals surface area contributed by atoms with Crippen molar-refractivity contribution in [1.82, 2.24) is 4.90 Å². The zero-order valence-electron chi connectivity index (χ0n) is 13.2. The average Bonchev–Trinajstić information content (AvgIpc) is 3.12. The lowest BCUT2D eigenvalue weighted by molar-refractivity contribution is 0.262. The van der Waals surface area contributed by atoms with Gasteiger partial charge in [0.2, 0.25) is 0 Å². The van der Waals surface area contributed by atoms with Gasteiger partial charge in [0.05, 0.1) is 0 Å². The van der Waals surface area contributed by atoms with Crippen LogP contribution in [0.15, 0.2) is 29.8 Å². The molecule has 1 fully saturated rings. The number of rotatable bonds is 2. The fourth-order valence-corrected chi connectivity index (χ4v) is 4.28. The summed E-state index contributed by atoms with van der Waals surface area (Å²) in [7, 11) is 0. The fraction of sp³-hybridized carbons (Fsp3) is 0.579. The topological polar surface area (TPSA) is 15.3 Å². The van der Waals surface area contributed by atoms with Crippen LogP contribution in [0.2, 0.25) is 0 Å². The number of nitrogens with one attached hydrogen (secondary N) is 1. The summed E-state index contributed by atoms with van der Waals surface area (Å²) in [4.78, 5) is 2.66. The van der Waals surface area contributed by atoms with E-state index in [0.29, 0.717) is 11.8 Å². The molecule has 0 spiro atoms. The number of nitrogens with zero attached hydrogens (tertiary/aromatic N) is 1. The molecule has 3 heterocycles.